The van der Waals surface area contributed by atoms with Gasteiger partial charge in [0.05, 0.1) is 13.2 Å². The largest absolute Gasteiger partial charge is 0.494 e. The molecule has 1 aromatic carbocycles. The quantitative estimate of drug-likeness (QED) is 0.371. The van der Waals surface area contributed by atoms with Crippen LogP contribution in [0, 0.1) is 0 Å². The van der Waals surface area contributed by atoms with Crippen molar-refractivity contribution in [2.24, 2.45) is 0 Å². The van der Waals surface area contributed by atoms with Gasteiger partial charge in [-0.05, 0) is 43.4 Å². The van der Waals surface area contributed by atoms with Gasteiger partial charge in [-0.3, -0.25) is 0 Å². The van der Waals surface area contributed by atoms with Gasteiger partial charge in [0.1, 0.15) is 12.4 Å². The third-order valence-corrected chi connectivity index (χ3v) is 2.80. The number of unbranched alkanes of at least 4 members (excludes halogenated alkanes) is 3. The number of rotatable bonds is 10. The summed E-state index contributed by atoms with van der Waals surface area (Å²) in [6.45, 7) is 3.96. The van der Waals surface area contributed by atoms with Crippen molar-refractivity contribution in [1.82, 2.24) is 0 Å². The van der Waals surface area contributed by atoms with E-state index in [9.17, 15) is 9.18 Å². The van der Waals surface area contributed by atoms with E-state index in [2.05, 4.69) is 6.58 Å². The first kappa shape index (κ1) is 16.2. The Hall–Kier alpha value is -1.84. The molecule has 0 aliphatic heterocycles. The highest BCUT2D eigenvalue weighted by Gasteiger charge is 1.97. The van der Waals surface area contributed by atoms with E-state index in [1.807, 2.05) is 0 Å². The topological polar surface area (TPSA) is 35.5 Å². The van der Waals surface area contributed by atoms with E-state index in [1.165, 1.54) is 6.08 Å². The summed E-state index contributed by atoms with van der Waals surface area (Å²) < 4.78 is 22.7. The lowest BCUT2D eigenvalue weighted by molar-refractivity contribution is -0.137. The summed E-state index contributed by atoms with van der Waals surface area (Å²) in [5, 5.41) is 0. The minimum atomic E-state index is -0.448. The fourth-order valence-electron chi connectivity index (χ4n) is 1.65. The zero-order chi connectivity index (χ0) is 14.6. The molecule has 20 heavy (non-hydrogen) atoms. The minimum absolute atomic E-state index is 0.370. The average molecular weight is 280 g/mol. The van der Waals surface area contributed by atoms with Gasteiger partial charge in [-0.15, -0.1) is 0 Å². The van der Waals surface area contributed by atoms with Crippen LogP contribution in [0.25, 0.3) is 0 Å². The number of hydrogen-bond donors (Lipinski definition) is 0. The van der Waals surface area contributed by atoms with Gasteiger partial charge in [-0.25, -0.2) is 9.18 Å². The molecular weight excluding hydrogens is 259 g/mol. The number of esters is 1. The second-order valence-corrected chi connectivity index (χ2v) is 4.41. The lowest BCUT2D eigenvalue weighted by Gasteiger charge is -2.06. The van der Waals surface area contributed by atoms with Gasteiger partial charge in [0.2, 0.25) is 0 Å². The second kappa shape index (κ2) is 10.0. The molecule has 0 fully saturated rings. The third kappa shape index (κ3) is 6.92. The summed E-state index contributed by atoms with van der Waals surface area (Å²) in [5.74, 6) is 0.396. The number of carbonyl (C=O) groups excluding carboxylic acids is 1. The number of hydrogen-bond acceptors (Lipinski definition) is 3. The molecule has 0 spiro atoms. The molecule has 0 amide bonds. The van der Waals surface area contributed by atoms with Crippen LogP contribution in [-0.2, 0) is 16.2 Å². The van der Waals surface area contributed by atoms with Gasteiger partial charge in [0, 0.05) is 6.08 Å². The van der Waals surface area contributed by atoms with Crippen LogP contribution in [0.3, 0.4) is 0 Å². The Morgan fingerprint density at radius 2 is 1.75 bits per heavy atom. The Kier molecular flexibility index (Phi) is 8.11. The maximum absolute atomic E-state index is 12.3. The molecular formula is C16H21FO3. The highest BCUT2D eigenvalue weighted by atomic mass is 19.1. The molecule has 0 aliphatic carbocycles. The Bertz CT molecular complexity index is 401. The fraction of sp³-hybridized carbons (Fsp3) is 0.438. The first-order valence-corrected chi connectivity index (χ1v) is 6.83. The van der Waals surface area contributed by atoms with Gasteiger partial charge >= 0.3 is 5.97 Å². The molecule has 3 nitrogen and oxygen atoms in total. The average Bonchev–Trinajstić information content (AvgIpc) is 2.50. The number of benzene rings is 1. The summed E-state index contributed by atoms with van der Waals surface area (Å²) in [5.41, 5.74) is 0.659. The predicted molar refractivity (Wildman–Crippen MR) is 76.4 cm³/mol. The Morgan fingerprint density at radius 3 is 2.35 bits per heavy atom. The predicted octanol–water partition coefficient (Wildman–Crippen LogP) is 3.82. The van der Waals surface area contributed by atoms with Gasteiger partial charge in [0.25, 0.3) is 0 Å². The lowest BCUT2D eigenvalue weighted by atomic mass is 10.2. The molecule has 0 unspecified atom stereocenters. The van der Waals surface area contributed by atoms with Gasteiger partial charge in [0.15, 0.2) is 0 Å². The summed E-state index contributed by atoms with van der Waals surface area (Å²) in [7, 11) is 0. The molecule has 0 atom stereocenters. The van der Waals surface area contributed by atoms with Crippen LogP contribution >= 0.6 is 0 Å². The highest BCUT2D eigenvalue weighted by molar-refractivity contribution is 5.81. The van der Waals surface area contributed by atoms with Crippen molar-refractivity contribution in [3.63, 3.8) is 0 Å². The van der Waals surface area contributed by atoms with Crippen LogP contribution in [0.1, 0.15) is 31.2 Å². The Labute approximate surface area is 119 Å². The number of carbonyl (C=O) groups is 1. The summed E-state index contributed by atoms with van der Waals surface area (Å²) in [6.07, 6.45) is 4.98. The molecule has 4 heteroatoms. The van der Waals surface area contributed by atoms with Gasteiger partial charge < -0.3 is 9.47 Å². The van der Waals surface area contributed by atoms with Gasteiger partial charge in [-0.2, -0.15) is 0 Å². The van der Waals surface area contributed by atoms with Gasteiger partial charge in [-0.1, -0.05) is 18.7 Å². The molecule has 0 aliphatic rings. The van der Waals surface area contributed by atoms with Crippen molar-refractivity contribution in [1.29, 1.82) is 0 Å². The smallest absolute Gasteiger partial charge is 0.330 e. The first-order valence-electron chi connectivity index (χ1n) is 6.83. The van der Waals surface area contributed by atoms with E-state index < -0.39 is 6.67 Å². The van der Waals surface area contributed by atoms with Crippen LogP contribution in [0.2, 0.25) is 0 Å². The van der Waals surface area contributed by atoms with E-state index in [1.54, 1.807) is 24.3 Å². The maximum atomic E-state index is 12.3. The monoisotopic (exact) mass is 280 g/mol. The van der Waals surface area contributed by atoms with Crippen LogP contribution in [0.15, 0.2) is 36.9 Å². The molecule has 110 valence electrons. The molecule has 0 N–H and O–H groups in total. The molecule has 0 saturated heterocycles. The molecule has 0 saturated carbocycles. The fourth-order valence-corrected chi connectivity index (χ4v) is 1.65. The molecule has 0 bridgehead atoms. The van der Waals surface area contributed by atoms with Crippen molar-refractivity contribution in [2.75, 3.05) is 13.2 Å². The van der Waals surface area contributed by atoms with E-state index >= 15 is 0 Å². The zero-order valence-corrected chi connectivity index (χ0v) is 11.6. The Morgan fingerprint density at radius 1 is 1.10 bits per heavy atom. The second-order valence-electron chi connectivity index (χ2n) is 4.41. The normalized spacial score (nSPS) is 10.1. The molecule has 0 aromatic heterocycles. The SMILES string of the molecule is C=CC(=O)OCCCCCCOc1ccc(CF)cc1. The lowest BCUT2D eigenvalue weighted by Crippen LogP contribution is -2.02. The highest BCUT2D eigenvalue weighted by Crippen LogP contribution is 2.13. The summed E-state index contributed by atoms with van der Waals surface area (Å²) in [6, 6.07) is 7.01. The summed E-state index contributed by atoms with van der Waals surface area (Å²) >= 11 is 0. The molecule has 1 rings (SSSR count). The first-order chi connectivity index (χ1) is 9.76. The van der Waals surface area contributed by atoms with Crippen LogP contribution in [0.4, 0.5) is 4.39 Å². The van der Waals surface area contributed by atoms with Crippen LogP contribution in [0.5, 0.6) is 5.75 Å². The summed E-state index contributed by atoms with van der Waals surface area (Å²) in [4.78, 5) is 10.8. The Balaban J connectivity index is 1.99. The molecule has 0 heterocycles. The van der Waals surface area contributed by atoms with Crippen LogP contribution < -0.4 is 4.74 Å². The van der Waals surface area contributed by atoms with Crippen molar-refractivity contribution in [2.45, 2.75) is 32.4 Å². The van der Waals surface area contributed by atoms with Crippen molar-refractivity contribution in [3.05, 3.63) is 42.5 Å². The zero-order valence-electron chi connectivity index (χ0n) is 11.6. The molecule has 0 radical (unpaired) electrons. The number of halogens is 1. The van der Waals surface area contributed by atoms with E-state index in [-0.39, 0.29) is 5.97 Å². The van der Waals surface area contributed by atoms with Crippen LogP contribution in [-0.4, -0.2) is 19.2 Å². The number of ether oxygens (including phenoxy) is 2. The third-order valence-electron chi connectivity index (χ3n) is 2.80. The van der Waals surface area contributed by atoms with Crippen molar-refractivity contribution >= 4 is 5.97 Å². The minimum Gasteiger partial charge on any atom is -0.494 e. The van der Waals surface area contributed by atoms with E-state index in [4.69, 9.17) is 9.47 Å². The van der Waals surface area contributed by atoms with Crippen molar-refractivity contribution in [3.8, 4) is 5.75 Å². The standard InChI is InChI=1S/C16H21FO3/c1-2-16(18)20-12-6-4-3-5-11-19-15-9-7-14(13-17)8-10-15/h2,7-10H,1,3-6,11-13H2. The number of alkyl halides is 1. The van der Waals surface area contributed by atoms with E-state index in [0.717, 1.165) is 31.4 Å². The van der Waals surface area contributed by atoms with Crippen molar-refractivity contribution < 1.29 is 18.7 Å². The van der Waals surface area contributed by atoms with E-state index in [0.29, 0.717) is 18.8 Å². The molecule has 1 aromatic rings. The maximum Gasteiger partial charge on any atom is 0.330 e.